The molecule has 0 spiro atoms. The van der Waals surface area contributed by atoms with E-state index in [1.807, 2.05) is 0 Å². The van der Waals surface area contributed by atoms with Crippen molar-refractivity contribution in [2.75, 3.05) is 18.6 Å². The number of hydrogen-bond donors (Lipinski definition) is 0. The van der Waals surface area contributed by atoms with E-state index in [4.69, 9.17) is 11.6 Å². The average Bonchev–Trinajstić information content (AvgIpc) is 2.67. The zero-order valence-electron chi connectivity index (χ0n) is 9.65. The molecule has 0 saturated carbocycles. The summed E-state index contributed by atoms with van der Waals surface area (Å²) in [6.45, 7) is 0.258. The molecule has 1 aliphatic rings. The lowest BCUT2D eigenvalue weighted by Gasteiger charge is -2.18. The number of carbonyl (C=O) groups excluding carboxylic acids is 2. The van der Waals surface area contributed by atoms with Crippen molar-refractivity contribution >= 4 is 29.2 Å². The van der Waals surface area contributed by atoms with E-state index in [-0.39, 0.29) is 35.5 Å². The fourth-order valence-electron chi connectivity index (χ4n) is 1.91. The summed E-state index contributed by atoms with van der Waals surface area (Å²) >= 11 is 5.88. The first kappa shape index (κ1) is 12.8. The van der Waals surface area contributed by atoms with Gasteiger partial charge in [-0.2, -0.15) is 0 Å². The van der Waals surface area contributed by atoms with Crippen LogP contribution in [0.3, 0.4) is 0 Å². The average molecular weight is 272 g/mol. The van der Waals surface area contributed by atoms with Gasteiger partial charge < -0.3 is 9.64 Å². The molecule has 1 unspecified atom stereocenters. The van der Waals surface area contributed by atoms with Crippen molar-refractivity contribution < 1.29 is 18.7 Å². The Balaban J connectivity index is 2.45. The third-order valence-electron chi connectivity index (χ3n) is 2.73. The van der Waals surface area contributed by atoms with Crippen molar-refractivity contribution in [3.8, 4) is 0 Å². The van der Waals surface area contributed by atoms with E-state index < -0.39 is 11.8 Å². The van der Waals surface area contributed by atoms with E-state index in [1.165, 1.54) is 18.1 Å². The van der Waals surface area contributed by atoms with Crippen LogP contribution in [0.15, 0.2) is 18.2 Å². The van der Waals surface area contributed by atoms with Gasteiger partial charge in [0, 0.05) is 13.0 Å². The van der Waals surface area contributed by atoms with Crippen molar-refractivity contribution in [1.82, 2.24) is 0 Å². The number of nitrogens with zero attached hydrogens (tertiary/aromatic N) is 1. The highest BCUT2D eigenvalue weighted by Gasteiger charge is 2.32. The largest absolute Gasteiger partial charge is 0.465 e. The number of esters is 1. The number of ether oxygens (including phenoxy) is 1. The number of anilines is 1. The molecule has 1 amide bonds. The van der Waals surface area contributed by atoms with Crippen molar-refractivity contribution in [3.63, 3.8) is 0 Å². The Bertz CT molecular complexity index is 506. The van der Waals surface area contributed by atoms with Crippen molar-refractivity contribution in [1.29, 1.82) is 0 Å². The first-order chi connectivity index (χ1) is 8.52. The van der Waals surface area contributed by atoms with E-state index in [9.17, 15) is 14.0 Å². The Morgan fingerprint density at radius 1 is 1.56 bits per heavy atom. The van der Waals surface area contributed by atoms with Crippen LogP contribution >= 0.6 is 11.6 Å². The van der Waals surface area contributed by atoms with Crippen molar-refractivity contribution in [3.05, 3.63) is 29.6 Å². The molecule has 0 N–H and O–H groups in total. The van der Waals surface area contributed by atoms with Gasteiger partial charge in [-0.25, -0.2) is 9.18 Å². The molecule has 18 heavy (non-hydrogen) atoms. The van der Waals surface area contributed by atoms with E-state index >= 15 is 0 Å². The molecule has 1 saturated heterocycles. The number of halogens is 2. The first-order valence-corrected chi connectivity index (χ1v) is 5.79. The lowest BCUT2D eigenvalue weighted by atomic mass is 10.1. The molecule has 1 fully saturated rings. The summed E-state index contributed by atoms with van der Waals surface area (Å²) in [5.41, 5.74) is 0.355. The van der Waals surface area contributed by atoms with Crippen molar-refractivity contribution in [2.45, 2.75) is 11.8 Å². The zero-order chi connectivity index (χ0) is 13.3. The third kappa shape index (κ3) is 2.31. The normalized spacial score (nSPS) is 19.2. The fraction of sp³-hybridized carbons (Fsp3) is 0.333. The first-order valence-electron chi connectivity index (χ1n) is 5.35. The summed E-state index contributed by atoms with van der Waals surface area (Å²) in [5.74, 6) is -1.37. The quantitative estimate of drug-likeness (QED) is 0.610. The van der Waals surface area contributed by atoms with E-state index in [1.54, 1.807) is 0 Å². The van der Waals surface area contributed by atoms with Gasteiger partial charge in [0.25, 0.3) is 0 Å². The van der Waals surface area contributed by atoms with Crippen LogP contribution in [-0.2, 0) is 9.53 Å². The highest BCUT2D eigenvalue weighted by Crippen LogP contribution is 2.28. The number of amides is 1. The molecule has 4 nitrogen and oxygen atoms in total. The number of benzene rings is 1. The van der Waals surface area contributed by atoms with Crippen LogP contribution in [-0.4, -0.2) is 30.9 Å². The van der Waals surface area contributed by atoms with Gasteiger partial charge in [0.05, 0.1) is 23.7 Å². The van der Waals surface area contributed by atoms with Crippen LogP contribution < -0.4 is 4.90 Å². The Morgan fingerprint density at radius 2 is 2.28 bits per heavy atom. The number of carbonyl (C=O) groups is 2. The molecular weight excluding hydrogens is 261 g/mol. The number of hydrogen-bond acceptors (Lipinski definition) is 3. The standard InChI is InChI=1S/C12H11ClFNO3/c1-18-12(17)9-3-2-8(14)5-10(9)15-6-7(13)4-11(15)16/h2-3,5,7H,4,6H2,1H3. The molecule has 1 aromatic carbocycles. The molecule has 6 heteroatoms. The van der Waals surface area contributed by atoms with Gasteiger partial charge in [-0.3, -0.25) is 4.79 Å². The minimum absolute atomic E-state index is 0.151. The third-order valence-corrected chi connectivity index (χ3v) is 3.03. The molecule has 1 aliphatic heterocycles. The molecule has 1 heterocycles. The maximum absolute atomic E-state index is 13.3. The summed E-state index contributed by atoms with van der Waals surface area (Å²) in [5, 5.41) is -0.328. The maximum atomic E-state index is 13.3. The number of alkyl halides is 1. The Morgan fingerprint density at radius 3 is 2.83 bits per heavy atom. The predicted molar refractivity (Wildman–Crippen MR) is 64.4 cm³/mol. The number of rotatable bonds is 2. The minimum Gasteiger partial charge on any atom is -0.465 e. The van der Waals surface area contributed by atoms with Crippen LogP contribution in [0.2, 0.25) is 0 Å². The predicted octanol–water partition coefficient (Wildman–Crippen LogP) is 1.96. The molecule has 1 aromatic rings. The Kier molecular flexibility index (Phi) is 3.52. The summed E-state index contributed by atoms with van der Waals surface area (Å²) < 4.78 is 17.9. The highest BCUT2D eigenvalue weighted by molar-refractivity contribution is 6.24. The summed E-state index contributed by atoms with van der Waals surface area (Å²) in [4.78, 5) is 24.6. The second-order valence-corrected chi connectivity index (χ2v) is 4.58. The summed E-state index contributed by atoms with van der Waals surface area (Å²) in [7, 11) is 1.23. The smallest absolute Gasteiger partial charge is 0.339 e. The van der Waals surface area contributed by atoms with E-state index in [2.05, 4.69) is 4.74 Å². The van der Waals surface area contributed by atoms with Crippen LogP contribution in [0, 0.1) is 5.82 Å². The molecular formula is C12H11ClFNO3. The number of methoxy groups -OCH3 is 1. The van der Waals surface area contributed by atoms with Gasteiger partial charge in [0.15, 0.2) is 0 Å². The fourth-order valence-corrected chi connectivity index (χ4v) is 2.18. The zero-order valence-corrected chi connectivity index (χ0v) is 10.4. The van der Waals surface area contributed by atoms with Crippen molar-refractivity contribution in [2.24, 2.45) is 0 Å². The Labute approximate surface area is 108 Å². The van der Waals surface area contributed by atoms with Gasteiger partial charge >= 0.3 is 5.97 Å². The van der Waals surface area contributed by atoms with E-state index in [0.29, 0.717) is 0 Å². The van der Waals surface area contributed by atoms with Gasteiger partial charge in [-0.1, -0.05) is 0 Å². The molecule has 0 aromatic heterocycles. The SMILES string of the molecule is COC(=O)c1ccc(F)cc1N1CC(Cl)CC1=O. The van der Waals surface area contributed by atoms with E-state index in [0.717, 1.165) is 12.1 Å². The monoisotopic (exact) mass is 271 g/mol. The maximum Gasteiger partial charge on any atom is 0.339 e. The van der Waals surface area contributed by atoms with Crippen LogP contribution in [0.4, 0.5) is 10.1 Å². The van der Waals surface area contributed by atoms with Crippen LogP contribution in [0.1, 0.15) is 16.8 Å². The van der Waals surface area contributed by atoms with Gasteiger partial charge in [0.1, 0.15) is 5.82 Å². The minimum atomic E-state index is -0.615. The highest BCUT2D eigenvalue weighted by atomic mass is 35.5. The molecule has 0 bridgehead atoms. The van der Waals surface area contributed by atoms with Gasteiger partial charge in [-0.05, 0) is 18.2 Å². The van der Waals surface area contributed by atoms with Crippen LogP contribution in [0.5, 0.6) is 0 Å². The second kappa shape index (κ2) is 4.94. The van der Waals surface area contributed by atoms with Gasteiger partial charge in [0.2, 0.25) is 5.91 Å². The topological polar surface area (TPSA) is 46.6 Å². The second-order valence-electron chi connectivity index (χ2n) is 3.96. The molecule has 2 rings (SSSR count). The molecule has 0 aliphatic carbocycles. The van der Waals surface area contributed by atoms with Crippen LogP contribution in [0.25, 0.3) is 0 Å². The van der Waals surface area contributed by atoms with Gasteiger partial charge in [-0.15, -0.1) is 11.6 Å². The molecule has 1 atom stereocenters. The molecule has 96 valence electrons. The Hall–Kier alpha value is -1.62. The summed E-state index contributed by atoms with van der Waals surface area (Å²) in [6.07, 6.45) is 0.179. The lowest BCUT2D eigenvalue weighted by Crippen LogP contribution is -2.27. The lowest BCUT2D eigenvalue weighted by molar-refractivity contribution is -0.117. The molecule has 0 radical (unpaired) electrons. The summed E-state index contributed by atoms with van der Waals surface area (Å²) in [6, 6.07) is 3.58.